The fourth-order valence-corrected chi connectivity index (χ4v) is 5.77. The first kappa shape index (κ1) is 38.6. The van der Waals surface area contributed by atoms with Gasteiger partial charge in [-0.3, -0.25) is 14.7 Å². The number of carbonyl (C=O) groups excluding carboxylic acids is 1. The topological polar surface area (TPSA) is 90.7 Å². The Hall–Kier alpha value is -4.19. The Bertz CT molecular complexity index is 1750. The van der Waals surface area contributed by atoms with Crippen LogP contribution in [0.25, 0.3) is 11.3 Å². The van der Waals surface area contributed by atoms with Gasteiger partial charge in [0, 0.05) is 24.8 Å². The molecule has 268 valence electrons. The molecular weight excluding hydrogens is 677 g/mol. The number of nitriles is 1. The van der Waals surface area contributed by atoms with Crippen LogP contribution < -0.4 is 19.9 Å². The Balaban J connectivity index is 1.38. The Kier molecular flexibility index (Phi) is 11.9. The van der Waals surface area contributed by atoms with Crippen LogP contribution in [0.4, 0.5) is 33.3 Å². The first-order valence-corrected chi connectivity index (χ1v) is 16.5. The van der Waals surface area contributed by atoms with Crippen molar-refractivity contribution < 1.29 is 36.2 Å². The van der Waals surface area contributed by atoms with E-state index in [1.165, 1.54) is 43.1 Å². The average molecular weight is 718 g/mol. The fourth-order valence-electron chi connectivity index (χ4n) is 5.26. The summed E-state index contributed by atoms with van der Waals surface area (Å²) in [7, 11) is 0. The lowest BCUT2D eigenvalue weighted by Gasteiger charge is -2.29. The number of hydrogen-bond acceptors (Lipinski definition) is 7. The van der Waals surface area contributed by atoms with E-state index in [-0.39, 0.29) is 16.3 Å². The highest BCUT2D eigenvalue weighted by Crippen LogP contribution is 2.42. The van der Waals surface area contributed by atoms with Crippen LogP contribution in [0.1, 0.15) is 65.5 Å². The van der Waals surface area contributed by atoms with E-state index >= 15 is 4.39 Å². The predicted octanol–water partition coefficient (Wildman–Crippen LogP) is 8.03. The number of nitrogens with zero attached hydrogens (tertiary/aromatic N) is 4. The number of hydrogen-bond donors (Lipinski definition) is 1. The SMILES string of the molecule is CC(NCCOCCCCOc1ccc(-c2ccc(N3C(=S)N(c4ccc(C#N)c(C(F)(F)F)c4F)C(=O)C3(C)C)cn2)cc1F)C(C)(C)C. The molecule has 1 atom stereocenters. The van der Waals surface area contributed by atoms with Crippen LogP contribution >= 0.6 is 12.2 Å². The van der Waals surface area contributed by atoms with Crippen LogP contribution in [0, 0.1) is 28.4 Å². The van der Waals surface area contributed by atoms with Crippen LogP contribution in [0.2, 0.25) is 0 Å². The van der Waals surface area contributed by atoms with Crippen LogP contribution in [0.3, 0.4) is 0 Å². The first-order valence-electron chi connectivity index (χ1n) is 16.1. The van der Waals surface area contributed by atoms with E-state index in [0.717, 1.165) is 25.1 Å². The number of rotatable bonds is 13. The number of benzene rings is 2. The number of nitrogens with one attached hydrogen (secondary N) is 1. The number of carbonyl (C=O) groups is 1. The van der Waals surface area contributed by atoms with Gasteiger partial charge in [0.2, 0.25) is 0 Å². The van der Waals surface area contributed by atoms with E-state index in [4.69, 9.17) is 27.0 Å². The normalized spacial score (nSPS) is 15.4. The Morgan fingerprint density at radius 3 is 2.34 bits per heavy atom. The van der Waals surface area contributed by atoms with Crippen LogP contribution in [0.15, 0.2) is 48.7 Å². The summed E-state index contributed by atoms with van der Waals surface area (Å²) in [6.07, 6.45) is -2.36. The van der Waals surface area contributed by atoms with Crippen molar-refractivity contribution in [2.45, 2.75) is 72.1 Å². The molecule has 14 heteroatoms. The first-order chi connectivity index (χ1) is 23.4. The molecule has 1 amide bonds. The summed E-state index contributed by atoms with van der Waals surface area (Å²) >= 11 is 5.48. The summed E-state index contributed by atoms with van der Waals surface area (Å²) in [5, 5.41) is 12.3. The van der Waals surface area contributed by atoms with Crippen molar-refractivity contribution in [3.63, 3.8) is 0 Å². The standard InChI is InChI=1S/C36H40F5N5O3S/c1-22(34(2,3)4)43-15-18-48-16-7-8-17-49-29-14-10-23(19-26(29)37)27-12-11-25(21-44-27)46-33(50)45(32(47)35(46,5)6)28-13-9-24(20-42)30(31(28)38)36(39,40)41/h9-14,19,21-22,43H,7-8,15-18H2,1-6H3. The second-order valence-electron chi connectivity index (χ2n) is 13.5. The molecule has 4 rings (SSSR count). The number of alkyl halides is 3. The van der Waals surface area contributed by atoms with Gasteiger partial charge in [-0.15, -0.1) is 0 Å². The second kappa shape index (κ2) is 15.4. The van der Waals surface area contributed by atoms with Gasteiger partial charge in [0.1, 0.15) is 11.1 Å². The number of unbranched alkanes of at least 4 members (excludes halogenated alkanes) is 1. The maximum atomic E-state index is 15.3. The second-order valence-corrected chi connectivity index (χ2v) is 13.9. The maximum absolute atomic E-state index is 15.3. The Morgan fingerprint density at radius 2 is 1.74 bits per heavy atom. The summed E-state index contributed by atoms with van der Waals surface area (Å²) in [5.74, 6) is -3.05. The molecule has 1 aliphatic heterocycles. The zero-order valence-electron chi connectivity index (χ0n) is 28.8. The lowest BCUT2D eigenvalue weighted by molar-refractivity contribution is -0.140. The van der Waals surface area contributed by atoms with Gasteiger partial charge in [-0.2, -0.15) is 18.4 Å². The highest BCUT2D eigenvalue weighted by molar-refractivity contribution is 7.81. The van der Waals surface area contributed by atoms with E-state index in [1.54, 1.807) is 18.2 Å². The van der Waals surface area contributed by atoms with Crippen LogP contribution in [-0.4, -0.2) is 53.9 Å². The molecule has 1 fully saturated rings. The summed E-state index contributed by atoms with van der Waals surface area (Å²) in [4.78, 5) is 19.9. The minimum atomic E-state index is -5.19. The highest BCUT2D eigenvalue weighted by Gasteiger charge is 2.52. The van der Waals surface area contributed by atoms with Gasteiger partial charge < -0.3 is 19.7 Å². The Morgan fingerprint density at radius 1 is 1.04 bits per heavy atom. The number of aromatic nitrogens is 1. The predicted molar refractivity (Wildman–Crippen MR) is 185 cm³/mol. The third-order valence-corrected chi connectivity index (χ3v) is 8.97. The molecule has 0 saturated carbocycles. The number of ether oxygens (including phenoxy) is 2. The molecule has 1 aliphatic rings. The number of halogens is 5. The average Bonchev–Trinajstić information content (AvgIpc) is 3.21. The lowest BCUT2D eigenvalue weighted by atomic mass is 9.88. The van der Waals surface area contributed by atoms with E-state index in [1.807, 2.05) is 0 Å². The van der Waals surface area contributed by atoms with Gasteiger partial charge in [0.25, 0.3) is 5.91 Å². The molecule has 1 unspecified atom stereocenters. The number of amides is 1. The molecule has 2 aromatic carbocycles. The van der Waals surface area contributed by atoms with E-state index < -0.39 is 46.1 Å². The highest BCUT2D eigenvalue weighted by atomic mass is 32.1. The lowest BCUT2D eigenvalue weighted by Crippen LogP contribution is -2.44. The van der Waals surface area contributed by atoms with Crippen molar-refractivity contribution in [2.24, 2.45) is 5.41 Å². The molecule has 8 nitrogen and oxygen atoms in total. The van der Waals surface area contributed by atoms with Crippen molar-refractivity contribution in [2.75, 3.05) is 36.2 Å². The molecule has 3 aromatic rings. The van der Waals surface area contributed by atoms with E-state index in [2.05, 4.69) is 38.0 Å². The number of anilines is 2. The van der Waals surface area contributed by atoms with E-state index in [9.17, 15) is 22.4 Å². The summed E-state index contributed by atoms with van der Waals surface area (Å²) in [5.41, 5.74) is -3.57. The molecule has 0 spiro atoms. The third kappa shape index (κ3) is 8.39. The van der Waals surface area contributed by atoms with Gasteiger partial charge in [-0.05, 0) is 93.7 Å². The van der Waals surface area contributed by atoms with Gasteiger partial charge in [0.05, 0.1) is 48.1 Å². The smallest absolute Gasteiger partial charge is 0.420 e. The molecule has 1 N–H and O–H groups in total. The minimum absolute atomic E-state index is 0.0955. The van der Waals surface area contributed by atoms with Crippen molar-refractivity contribution >= 4 is 34.6 Å². The van der Waals surface area contributed by atoms with Gasteiger partial charge in [-0.25, -0.2) is 8.78 Å². The molecule has 0 aliphatic carbocycles. The van der Waals surface area contributed by atoms with Crippen molar-refractivity contribution in [1.29, 1.82) is 5.26 Å². The monoisotopic (exact) mass is 717 g/mol. The fraction of sp³-hybridized carbons (Fsp3) is 0.444. The molecule has 50 heavy (non-hydrogen) atoms. The van der Waals surface area contributed by atoms with Gasteiger partial charge in [-0.1, -0.05) is 20.8 Å². The Labute approximate surface area is 294 Å². The number of pyridine rings is 1. The quantitative estimate of drug-likeness (QED) is 0.108. The van der Waals surface area contributed by atoms with E-state index in [0.29, 0.717) is 54.1 Å². The number of thiocarbonyl (C=S) groups is 1. The van der Waals surface area contributed by atoms with Crippen LogP contribution in [0.5, 0.6) is 5.75 Å². The maximum Gasteiger partial charge on any atom is 0.420 e. The molecule has 1 aromatic heterocycles. The zero-order valence-corrected chi connectivity index (χ0v) is 29.6. The van der Waals surface area contributed by atoms with Crippen LogP contribution in [-0.2, 0) is 15.7 Å². The summed E-state index contributed by atoms with van der Waals surface area (Å²) in [6.45, 7) is 13.9. The minimum Gasteiger partial charge on any atom is -0.491 e. The molecular formula is C36H40F5N5O3S. The molecule has 0 bridgehead atoms. The third-order valence-electron chi connectivity index (χ3n) is 8.60. The molecule has 1 saturated heterocycles. The van der Waals surface area contributed by atoms with Crippen molar-refractivity contribution in [3.05, 3.63) is 71.4 Å². The van der Waals surface area contributed by atoms with Crippen molar-refractivity contribution in [1.82, 2.24) is 10.3 Å². The summed E-state index contributed by atoms with van der Waals surface area (Å²) in [6, 6.07) is 11.0. The zero-order chi connectivity index (χ0) is 37.0. The molecule has 0 radical (unpaired) electrons. The van der Waals surface area contributed by atoms with Crippen molar-refractivity contribution in [3.8, 4) is 23.1 Å². The van der Waals surface area contributed by atoms with Gasteiger partial charge >= 0.3 is 6.18 Å². The summed E-state index contributed by atoms with van der Waals surface area (Å²) < 4.78 is 82.5. The molecule has 2 heterocycles. The largest absolute Gasteiger partial charge is 0.491 e. The van der Waals surface area contributed by atoms with Gasteiger partial charge in [0.15, 0.2) is 22.5 Å².